The van der Waals surface area contributed by atoms with Crippen molar-refractivity contribution >= 4 is 35.1 Å². The zero-order chi connectivity index (χ0) is 25.7. The first-order valence-electron chi connectivity index (χ1n) is 11.8. The summed E-state index contributed by atoms with van der Waals surface area (Å²) in [5.74, 6) is 1.69. The first-order chi connectivity index (χ1) is 17.3. The Hall–Kier alpha value is -3.85. The van der Waals surface area contributed by atoms with Gasteiger partial charge < -0.3 is 25.5 Å². The normalized spacial score (nSPS) is 13.4. The van der Waals surface area contributed by atoms with Crippen LogP contribution in [0, 0.1) is 6.92 Å². The van der Waals surface area contributed by atoms with Crippen LogP contribution < -0.4 is 15.5 Å². The number of para-hydroxylation sites is 1. The van der Waals surface area contributed by atoms with Gasteiger partial charge in [-0.15, -0.1) is 0 Å². The molecule has 0 atom stereocenters. The van der Waals surface area contributed by atoms with E-state index in [4.69, 9.17) is 16.6 Å². The number of phenolic OH excluding ortho intramolecular Hbond substituents is 1. The third-order valence-corrected chi connectivity index (χ3v) is 6.23. The van der Waals surface area contributed by atoms with E-state index in [-0.39, 0.29) is 17.6 Å². The highest BCUT2D eigenvalue weighted by atomic mass is 35.5. The van der Waals surface area contributed by atoms with Crippen molar-refractivity contribution in [3.8, 4) is 17.1 Å². The van der Waals surface area contributed by atoms with Gasteiger partial charge in [-0.25, -0.2) is 9.97 Å². The van der Waals surface area contributed by atoms with Crippen LogP contribution in [0.2, 0.25) is 5.02 Å². The number of anilines is 2. The summed E-state index contributed by atoms with van der Waals surface area (Å²) in [5.41, 5.74) is 1.82. The Morgan fingerprint density at radius 2 is 1.75 bits per heavy atom. The van der Waals surface area contributed by atoms with Gasteiger partial charge in [-0.2, -0.15) is 0 Å². The van der Waals surface area contributed by atoms with Crippen LogP contribution >= 0.6 is 11.6 Å². The van der Waals surface area contributed by atoms with Crippen LogP contribution in [0.3, 0.4) is 0 Å². The minimum Gasteiger partial charge on any atom is -0.507 e. The molecular formula is C26H29ClN6O3. The predicted molar refractivity (Wildman–Crippen MR) is 141 cm³/mol. The van der Waals surface area contributed by atoms with E-state index in [1.165, 1.54) is 6.92 Å². The molecule has 0 saturated carbocycles. The van der Waals surface area contributed by atoms with Crippen LogP contribution in [-0.2, 0) is 4.79 Å². The molecule has 1 aliphatic heterocycles. The Morgan fingerprint density at radius 1 is 1.03 bits per heavy atom. The van der Waals surface area contributed by atoms with Gasteiger partial charge in [0.25, 0.3) is 5.91 Å². The average Bonchev–Trinajstić information content (AvgIpc) is 2.88. The number of carbonyl (C=O) groups is 2. The highest BCUT2D eigenvalue weighted by Crippen LogP contribution is 2.26. The van der Waals surface area contributed by atoms with E-state index >= 15 is 0 Å². The van der Waals surface area contributed by atoms with Crippen LogP contribution in [0.5, 0.6) is 5.75 Å². The summed E-state index contributed by atoms with van der Waals surface area (Å²) in [6, 6.07) is 14.4. The molecule has 10 heteroatoms. The van der Waals surface area contributed by atoms with E-state index in [0.717, 1.165) is 11.4 Å². The number of benzene rings is 2. The van der Waals surface area contributed by atoms with E-state index in [1.807, 2.05) is 18.2 Å². The monoisotopic (exact) mass is 508 g/mol. The van der Waals surface area contributed by atoms with Crippen molar-refractivity contribution in [3.05, 3.63) is 64.7 Å². The Kier molecular flexibility index (Phi) is 7.90. The molecule has 1 aromatic heterocycles. The minimum absolute atomic E-state index is 0.0308. The fourth-order valence-corrected chi connectivity index (χ4v) is 4.11. The van der Waals surface area contributed by atoms with Gasteiger partial charge in [0, 0.05) is 62.8 Å². The number of carbonyl (C=O) groups excluding carboxylic acids is 2. The fourth-order valence-electron chi connectivity index (χ4n) is 3.98. The van der Waals surface area contributed by atoms with Crippen molar-refractivity contribution in [3.63, 3.8) is 0 Å². The van der Waals surface area contributed by atoms with Gasteiger partial charge >= 0.3 is 0 Å². The molecule has 2 heterocycles. The molecule has 0 aliphatic carbocycles. The third kappa shape index (κ3) is 6.04. The number of nitrogens with one attached hydrogen (secondary N) is 2. The second-order valence-corrected chi connectivity index (χ2v) is 9.04. The van der Waals surface area contributed by atoms with Crippen LogP contribution in [0.15, 0.2) is 48.5 Å². The minimum atomic E-state index is -0.180. The SMILES string of the molecule is CC(=O)NCCNc1cc(N2CCN(C(=O)c3cccc(C)c3O)CC2)nc(-c2ccc(Cl)cc2)n1. The highest BCUT2D eigenvalue weighted by molar-refractivity contribution is 6.30. The lowest BCUT2D eigenvalue weighted by Gasteiger charge is -2.35. The number of halogens is 1. The van der Waals surface area contributed by atoms with Crippen molar-refractivity contribution in [1.29, 1.82) is 0 Å². The lowest BCUT2D eigenvalue weighted by atomic mass is 10.1. The number of phenols is 1. The summed E-state index contributed by atoms with van der Waals surface area (Å²) in [4.78, 5) is 37.5. The number of aromatic nitrogens is 2. The van der Waals surface area contributed by atoms with Gasteiger partial charge in [-0.05, 0) is 42.8 Å². The summed E-state index contributed by atoms with van der Waals surface area (Å²) >= 11 is 6.05. The molecule has 0 spiro atoms. The molecule has 0 bridgehead atoms. The maximum Gasteiger partial charge on any atom is 0.257 e. The Labute approximate surface area is 215 Å². The Balaban J connectivity index is 1.51. The number of aromatic hydroxyl groups is 1. The quantitative estimate of drug-likeness (QED) is 0.420. The van der Waals surface area contributed by atoms with Crippen LogP contribution in [0.1, 0.15) is 22.8 Å². The largest absolute Gasteiger partial charge is 0.507 e. The molecule has 3 aromatic rings. The molecule has 3 N–H and O–H groups in total. The molecule has 1 fully saturated rings. The van der Waals surface area contributed by atoms with Crippen LogP contribution in [0.4, 0.5) is 11.6 Å². The summed E-state index contributed by atoms with van der Waals surface area (Å²) in [6.45, 7) is 6.40. The second kappa shape index (κ2) is 11.3. The number of amides is 2. The van der Waals surface area contributed by atoms with Crippen molar-refractivity contribution in [1.82, 2.24) is 20.2 Å². The van der Waals surface area contributed by atoms with E-state index < -0.39 is 0 Å². The maximum atomic E-state index is 13.0. The van der Waals surface area contributed by atoms with Crippen molar-refractivity contribution in [2.45, 2.75) is 13.8 Å². The molecule has 2 aromatic carbocycles. The van der Waals surface area contributed by atoms with Gasteiger partial charge in [0.2, 0.25) is 5.91 Å². The molecule has 2 amide bonds. The molecule has 9 nitrogen and oxygen atoms in total. The molecule has 4 rings (SSSR count). The summed E-state index contributed by atoms with van der Waals surface area (Å²) in [5, 5.41) is 17.0. The van der Waals surface area contributed by atoms with Gasteiger partial charge in [-0.1, -0.05) is 23.7 Å². The summed E-state index contributed by atoms with van der Waals surface area (Å²) in [6.07, 6.45) is 0. The molecule has 0 radical (unpaired) electrons. The van der Waals surface area contributed by atoms with Gasteiger partial charge in [0.15, 0.2) is 5.82 Å². The lowest BCUT2D eigenvalue weighted by molar-refractivity contribution is -0.118. The molecule has 36 heavy (non-hydrogen) atoms. The lowest BCUT2D eigenvalue weighted by Crippen LogP contribution is -2.49. The fraction of sp³-hybridized carbons (Fsp3) is 0.308. The third-order valence-electron chi connectivity index (χ3n) is 5.98. The van der Waals surface area contributed by atoms with E-state index in [9.17, 15) is 14.7 Å². The van der Waals surface area contributed by atoms with Gasteiger partial charge in [0.1, 0.15) is 17.4 Å². The number of nitrogens with zero attached hydrogens (tertiary/aromatic N) is 4. The smallest absolute Gasteiger partial charge is 0.257 e. The van der Waals surface area contributed by atoms with Crippen LogP contribution in [0.25, 0.3) is 11.4 Å². The van der Waals surface area contributed by atoms with E-state index in [1.54, 1.807) is 42.2 Å². The van der Waals surface area contributed by atoms with Crippen molar-refractivity contribution in [2.75, 3.05) is 49.5 Å². The van der Waals surface area contributed by atoms with Crippen molar-refractivity contribution in [2.24, 2.45) is 0 Å². The molecule has 1 aliphatic rings. The number of rotatable bonds is 7. The van der Waals surface area contributed by atoms with E-state index in [0.29, 0.717) is 67.1 Å². The predicted octanol–water partition coefficient (Wildman–Crippen LogP) is 3.32. The number of aryl methyl sites for hydroxylation is 1. The zero-order valence-electron chi connectivity index (χ0n) is 20.3. The van der Waals surface area contributed by atoms with Gasteiger partial charge in [0.05, 0.1) is 5.56 Å². The maximum absolute atomic E-state index is 13.0. The first kappa shape index (κ1) is 25.2. The zero-order valence-corrected chi connectivity index (χ0v) is 21.0. The van der Waals surface area contributed by atoms with Gasteiger partial charge in [-0.3, -0.25) is 9.59 Å². The van der Waals surface area contributed by atoms with Crippen molar-refractivity contribution < 1.29 is 14.7 Å². The Bertz CT molecular complexity index is 1240. The van der Waals surface area contributed by atoms with Crippen LogP contribution in [-0.4, -0.2) is 71.1 Å². The Morgan fingerprint density at radius 3 is 2.44 bits per heavy atom. The highest BCUT2D eigenvalue weighted by Gasteiger charge is 2.25. The van der Waals surface area contributed by atoms with E-state index in [2.05, 4.69) is 20.5 Å². The standard InChI is InChI=1S/C26H29ClN6O3/c1-17-4-3-5-21(24(17)35)26(36)33-14-12-32(13-15-33)23-16-22(29-11-10-28-18(2)34)30-25(31-23)19-6-8-20(27)9-7-19/h3-9,16,35H,10-15H2,1-2H3,(H,28,34)(H,29,30,31). The first-order valence-corrected chi connectivity index (χ1v) is 12.2. The molecule has 1 saturated heterocycles. The number of hydrogen-bond donors (Lipinski definition) is 3. The molecule has 0 unspecified atom stereocenters. The number of hydrogen-bond acceptors (Lipinski definition) is 7. The topological polar surface area (TPSA) is 111 Å². The summed E-state index contributed by atoms with van der Waals surface area (Å²) < 4.78 is 0. The molecule has 188 valence electrons. The second-order valence-electron chi connectivity index (χ2n) is 8.60. The molecular weight excluding hydrogens is 480 g/mol. The average molecular weight is 509 g/mol. The summed E-state index contributed by atoms with van der Waals surface area (Å²) in [7, 11) is 0. The number of piperazine rings is 1.